The molecule has 1 unspecified atom stereocenters. The number of aromatic nitrogens is 5. The van der Waals surface area contributed by atoms with Crippen LogP contribution in [0, 0.1) is 5.92 Å². The van der Waals surface area contributed by atoms with E-state index in [0.29, 0.717) is 11.3 Å². The fourth-order valence-corrected chi connectivity index (χ4v) is 1.85. The summed E-state index contributed by atoms with van der Waals surface area (Å²) in [5.74, 6) is -1.51. The lowest BCUT2D eigenvalue weighted by Gasteiger charge is -2.09. The molecule has 9 nitrogen and oxygen atoms in total. The Morgan fingerprint density at radius 2 is 2.19 bits per heavy atom. The molecule has 0 saturated carbocycles. The van der Waals surface area contributed by atoms with Gasteiger partial charge in [-0.2, -0.15) is 5.10 Å². The molecule has 0 aliphatic heterocycles. The number of ether oxygens (including phenoxy) is 1. The molecule has 112 valence electrons. The fourth-order valence-electron chi connectivity index (χ4n) is 1.85. The third-order valence-electron chi connectivity index (χ3n) is 3.02. The molecule has 0 radical (unpaired) electrons. The molecular weight excluding hydrogens is 276 g/mol. The molecule has 0 bridgehead atoms. The number of esters is 1. The number of methoxy groups -OCH3 is 1. The van der Waals surface area contributed by atoms with Crippen molar-refractivity contribution in [3.05, 3.63) is 18.1 Å². The Bertz CT molecular complexity index is 674. The minimum Gasteiger partial charge on any atom is -0.464 e. The summed E-state index contributed by atoms with van der Waals surface area (Å²) < 4.78 is 7.74. The molecular formula is C12H16N6O3. The maximum Gasteiger partial charge on any atom is 0.360 e. The van der Waals surface area contributed by atoms with E-state index in [1.807, 2.05) is 0 Å². The molecule has 1 amide bonds. The highest BCUT2D eigenvalue weighted by Gasteiger charge is 2.24. The average Bonchev–Trinajstić information content (AvgIpc) is 3.03. The van der Waals surface area contributed by atoms with E-state index in [4.69, 9.17) is 10.5 Å². The molecule has 2 heterocycles. The lowest BCUT2D eigenvalue weighted by atomic mass is 10.1. The molecule has 2 aromatic rings. The van der Waals surface area contributed by atoms with Crippen LogP contribution in [-0.2, 0) is 23.1 Å². The summed E-state index contributed by atoms with van der Waals surface area (Å²) in [6.45, 7) is 1.89. The number of hydrogen-bond acceptors (Lipinski definition) is 6. The van der Waals surface area contributed by atoms with Crippen molar-refractivity contribution in [3.8, 4) is 11.3 Å². The van der Waals surface area contributed by atoms with Gasteiger partial charge in [-0.05, 0) is 0 Å². The van der Waals surface area contributed by atoms with E-state index in [9.17, 15) is 9.59 Å². The average molecular weight is 292 g/mol. The van der Waals surface area contributed by atoms with Gasteiger partial charge in [0.25, 0.3) is 0 Å². The number of nitrogens with two attached hydrogens (primary N) is 1. The Hall–Kier alpha value is -2.71. The quantitative estimate of drug-likeness (QED) is 0.748. The van der Waals surface area contributed by atoms with Crippen molar-refractivity contribution in [3.63, 3.8) is 0 Å². The molecule has 0 spiro atoms. The number of rotatable bonds is 5. The summed E-state index contributed by atoms with van der Waals surface area (Å²) in [5.41, 5.74) is 6.43. The van der Waals surface area contributed by atoms with Crippen LogP contribution in [0.3, 0.4) is 0 Å². The van der Waals surface area contributed by atoms with Gasteiger partial charge in [-0.1, -0.05) is 12.1 Å². The minimum absolute atomic E-state index is 0.0715. The number of carbonyl (C=O) groups is 2. The van der Waals surface area contributed by atoms with Gasteiger partial charge < -0.3 is 10.5 Å². The molecule has 0 aromatic carbocycles. The molecule has 0 aliphatic carbocycles. The number of primary amides is 1. The number of hydrogen-bond donors (Lipinski definition) is 1. The van der Waals surface area contributed by atoms with Crippen LogP contribution in [-0.4, -0.2) is 43.8 Å². The maximum atomic E-state index is 11.8. The number of carbonyl (C=O) groups excluding carboxylic acids is 2. The fraction of sp³-hybridized carbons (Fsp3) is 0.417. The van der Waals surface area contributed by atoms with Crippen molar-refractivity contribution < 1.29 is 14.3 Å². The van der Waals surface area contributed by atoms with Crippen LogP contribution in [0.1, 0.15) is 17.4 Å². The van der Waals surface area contributed by atoms with Crippen LogP contribution in [0.5, 0.6) is 0 Å². The van der Waals surface area contributed by atoms with Crippen molar-refractivity contribution >= 4 is 11.9 Å². The number of amides is 1. The lowest BCUT2D eigenvalue weighted by Crippen LogP contribution is -2.25. The molecule has 2 N–H and O–H groups in total. The molecule has 2 rings (SSSR count). The molecule has 1 atom stereocenters. The largest absolute Gasteiger partial charge is 0.464 e. The smallest absolute Gasteiger partial charge is 0.360 e. The summed E-state index contributed by atoms with van der Waals surface area (Å²) in [6, 6.07) is 0. The standard InChI is InChI=1S/C12H16N6O3/c1-7(11(13)19)5-18-10(8-4-14-17(2)6-8)9(15-16-18)12(20)21-3/h4,6-7H,5H2,1-3H3,(H2,13,19). The SMILES string of the molecule is COC(=O)c1nnn(CC(C)C(N)=O)c1-c1cnn(C)c1. The Balaban J connectivity index is 2.48. The predicted molar refractivity (Wildman–Crippen MR) is 71.9 cm³/mol. The first-order chi connectivity index (χ1) is 9.93. The number of aryl methyl sites for hydroxylation is 1. The first-order valence-electron chi connectivity index (χ1n) is 6.24. The van der Waals surface area contributed by atoms with E-state index in [1.165, 1.54) is 11.8 Å². The van der Waals surface area contributed by atoms with Gasteiger partial charge in [0.15, 0.2) is 5.69 Å². The highest BCUT2D eigenvalue weighted by molar-refractivity contribution is 5.93. The van der Waals surface area contributed by atoms with Crippen LogP contribution < -0.4 is 5.73 Å². The Kier molecular flexibility index (Phi) is 4.01. The van der Waals surface area contributed by atoms with E-state index < -0.39 is 17.8 Å². The maximum absolute atomic E-state index is 11.8. The van der Waals surface area contributed by atoms with Gasteiger partial charge in [0.05, 0.1) is 25.8 Å². The normalized spacial score (nSPS) is 12.1. The Morgan fingerprint density at radius 3 is 2.71 bits per heavy atom. The van der Waals surface area contributed by atoms with Crippen molar-refractivity contribution in [1.82, 2.24) is 24.8 Å². The Labute approximate surface area is 120 Å². The van der Waals surface area contributed by atoms with Crippen molar-refractivity contribution in [2.45, 2.75) is 13.5 Å². The van der Waals surface area contributed by atoms with Gasteiger partial charge >= 0.3 is 5.97 Å². The zero-order valence-electron chi connectivity index (χ0n) is 12.0. The second-order valence-electron chi connectivity index (χ2n) is 4.67. The van der Waals surface area contributed by atoms with Gasteiger partial charge in [0, 0.05) is 18.8 Å². The molecule has 0 saturated heterocycles. The van der Waals surface area contributed by atoms with Crippen LogP contribution in [0.15, 0.2) is 12.4 Å². The second-order valence-corrected chi connectivity index (χ2v) is 4.67. The summed E-state index contributed by atoms with van der Waals surface area (Å²) in [6.07, 6.45) is 3.30. The highest BCUT2D eigenvalue weighted by Crippen LogP contribution is 2.23. The van der Waals surface area contributed by atoms with Gasteiger partial charge in [-0.25, -0.2) is 9.48 Å². The lowest BCUT2D eigenvalue weighted by molar-refractivity contribution is -0.121. The van der Waals surface area contributed by atoms with Gasteiger partial charge in [-0.3, -0.25) is 9.48 Å². The Morgan fingerprint density at radius 1 is 1.48 bits per heavy atom. The van der Waals surface area contributed by atoms with E-state index in [0.717, 1.165) is 0 Å². The van der Waals surface area contributed by atoms with E-state index in [1.54, 1.807) is 31.0 Å². The predicted octanol–water partition coefficient (Wildman–Crippen LogP) is -0.413. The first-order valence-corrected chi connectivity index (χ1v) is 6.24. The number of nitrogens with zero attached hydrogens (tertiary/aromatic N) is 5. The van der Waals surface area contributed by atoms with Crippen LogP contribution in [0.25, 0.3) is 11.3 Å². The van der Waals surface area contributed by atoms with E-state index >= 15 is 0 Å². The van der Waals surface area contributed by atoms with Crippen LogP contribution in [0.2, 0.25) is 0 Å². The second kappa shape index (κ2) is 5.73. The van der Waals surface area contributed by atoms with Gasteiger partial charge in [0.1, 0.15) is 5.69 Å². The van der Waals surface area contributed by atoms with E-state index in [2.05, 4.69) is 15.4 Å². The van der Waals surface area contributed by atoms with Gasteiger partial charge in [-0.15, -0.1) is 5.10 Å². The summed E-state index contributed by atoms with van der Waals surface area (Å²) in [4.78, 5) is 23.0. The van der Waals surface area contributed by atoms with E-state index in [-0.39, 0.29) is 12.2 Å². The van der Waals surface area contributed by atoms with Gasteiger partial charge in [0.2, 0.25) is 5.91 Å². The molecule has 0 fully saturated rings. The minimum atomic E-state index is -0.605. The summed E-state index contributed by atoms with van der Waals surface area (Å²) >= 11 is 0. The molecule has 2 aromatic heterocycles. The zero-order valence-corrected chi connectivity index (χ0v) is 12.0. The van der Waals surface area contributed by atoms with Crippen LogP contribution >= 0.6 is 0 Å². The summed E-state index contributed by atoms with van der Waals surface area (Å²) in [7, 11) is 3.02. The monoisotopic (exact) mass is 292 g/mol. The van der Waals surface area contributed by atoms with Crippen LogP contribution in [0.4, 0.5) is 0 Å². The molecule has 9 heteroatoms. The van der Waals surface area contributed by atoms with Crippen molar-refractivity contribution in [2.75, 3.05) is 7.11 Å². The topological polar surface area (TPSA) is 118 Å². The summed E-state index contributed by atoms with van der Waals surface area (Å²) in [5, 5.41) is 11.8. The first kappa shape index (κ1) is 14.7. The molecule has 0 aliphatic rings. The third-order valence-corrected chi connectivity index (χ3v) is 3.02. The molecule has 21 heavy (non-hydrogen) atoms. The van der Waals surface area contributed by atoms with Crippen molar-refractivity contribution in [1.29, 1.82) is 0 Å². The highest BCUT2D eigenvalue weighted by atomic mass is 16.5. The third kappa shape index (κ3) is 2.91. The van der Waals surface area contributed by atoms with Crippen molar-refractivity contribution in [2.24, 2.45) is 18.7 Å². The zero-order chi connectivity index (χ0) is 15.6.